The Morgan fingerprint density at radius 2 is 1.05 bits per heavy atom. The third kappa shape index (κ3) is 13.2. The van der Waals surface area contributed by atoms with E-state index < -0.39 is 30.6 Å². The van der Waals surface area contributed by atoms with Gasteiger partial charge in [-0.25, -0.2) is 4.90 Å². The van der Waals surface area contributed by atoms with Crippen LogP contribution in [0.3, 0.4) is 0 Å². The Balaban J connectivity index is 0. The van der Waals surface area contributed by atoms with Crippen LogP contribution in [-0.2, 0) is 9.59 Å². The molecule has 0 heterocycles. The van der Waals surface area contributed by atoms with Crippen LogP contribution >= 0.6 is 0 Å². The summed E-state index contributed by atoms with van der Waals surface area (Å²) >= 11 is 0. The van der Waals surface area contributed by atoms with Crippen LogP contribution in [0.4, 0.5) is 0 Å². The normalized spacial score (nSPS) is 14.9. The highest BCUT2D eigenvalue weighted by Gasteiger charge is 2.20. The smallest absolute Gasteiger partial charge is 0.303 e. The molecule has 0 radical (unpaired) electrons. The molecule has 0 spiro atoms. The monoisotopic (exact) mass is 295 g/mol. The van der Waals surface area contributed by atoms with Crippen LogP contribution in [0.5, 0.6) is 0 Å². The van der Waals surface area contributed by atoms with Gasteiger partial charge in [0.1, 0.15) is 18.7 Å². The molecule has 0 aliphatic carbocycles. The van der Waals surface area contributed by atoms with Gasteiger partial charge in [0, 0.05) is 12.8 Å². The van der Waals surface area contributed by atoms with Gasteiger partial charge in [-0.1, -0.05) is 0 Å². The van der Waals surface area contributed by atoms with E-state index in [-0.39, 0.29) is 12.8 Å². The maximum Gasteiger partial charge on any atom is 0.303 e. The van der Waals surface area contributed by atoms with E-state index in [0.29, 0.717) is 12.8 Å². The van der Waals surface area contributed by atoms with Gasteiger partial charge in [0.05, 0.1) is 0 Å². The third-order valence-electron chi connectivity index (χ3n) is 2.33. The zero-order valence-electron chi connectivity index (χ0n) is 12.1. The number of aliphatic hydroxyl groups is 3. The fraction of sp³-hybridized carbons (Fsp3) is 0.833. The number of carboxylic acids is 2. The topological polar surface area (TPSA) is 139 Å². The van der Waals surface area contributed by atoms with Gasteiger partial charge in [0.25, 0.3) is 0 Å². The van der Waals surface area contributed by atoms with Crippen LogP contribution in [0.15, 0.2) is 0 Å². The number of nitrogens with zero attached hydrogens (tertiary/aromatic N) is 1. The Bertz CT molecular complexity index is 244. The average molecular weight is 295 g/mol. The van der Waals surface area contributed by atoms with E-state index in [1.165, 1.54) is 25.7 Å². The van der Waals surface area contributed by atoms with Gasteiger partial charge in [-0.15, -0.1) is 0 Å². The minimum Gasteiger partial charge on any atom is -0.481 e. The van der Waals surface area contributed by atoms with E-state index in [1.807, 2.05) is 0 Å². The minimum atomic E-state index is -0.870. The molecule has 0 saturated carbocycles. The molecule has 0 amide bonds. The van der Waals surface area contributed by atoms with Crippen LogP contribution in [0.1, 0.15) is 46.5 Å². The summed E-state index contributed by atoms with van der Waals surface area (Å²) in [6.07, 6.45) is -1.48. The molecule has 0 rings (SSSR count). The lowest BCUT2D eigenvalue weighted by atomic mass is 10.2. The molecule has 0 aromatic carbocycles. The summed E-state index contributed by atoms with van der Waals surface area (Å²) in [7, 11) is 0. The SMILES string of the molecule is CC(O)N(C(C)O)C(C)O.O=C(O)CCCCC(=O)O. The van der Waals surface area contributed by atoms with Crippen molar-refractivity contribution in [2.75, 3.05) is 0 Å². The Labute approximate surface area is 118 Å². The molecule has 20 heavy (non-hydrogen) atoms. The van der Waals surface area contributed by atoms with Crippen molar-refractivity contribution in [2.45, 2.75) is 65.1 Å². The highest BCUT2D eigenvalue weighted by molar-refractivity contribution is 5.67. The van der Waals surface area contributed by atoms with Crippen molar-refractivity contribution in [3.63, 3.8) is 0 Å². The lowest BCUT2D eigenvalue weighted by molar-refractivity contribution is -0.159. The molecule has 8 heteroatoms. The second-order valence-corrected chi connectivity index (χ2v) is 4.34. The third-order valence-corrected chi connectivity index (χ3v) is 2.33. The molecule has 0 aromatic heterocycles. The quantitative estimate of drug-likeness (QED) is 0.312. The van der Waals surface area contributed by atoms with E-state index in [2.05, 4.69) is 0 Å². The van der Waals surface area contributed by atoms with Gasteiger partial charge in [-0.05, 0) is 33.6 Å². The lowest BCUT2D eigenvalue weighted by Crippen LogP contribution is -2.45. The van der Waals surface area contributed by atoms with Gasteiger partial charge in [0.15, 0.2) is 0 Å². The molecule has 0 aliphatic heterocycles. The molecule has 3 atom stereocenters. The van der Waals surface area contributed by atoms with Crippen molar-refractivity contribution in [3.8, 4) is 0 Å². The van der Waals surface area contributed by atoms with Gasteiger partial charge < -0.3 is 25.5 Å². The number of hydrogen-bond donors (Lipinski definition) is 5. The standard InChI is InChI=1S/C6H15NO3.C6H10O4/c1-4(8)7(5(2)9)6(3)10;7-5(8)3-1-2-4-6(9)10/h4-6,8-10H,1-3H3;1-4H2,(H,7,8)(H,9,10). The van der Waals surface area contributed by atoms with Crippen LogP contribution in [-0.4, -0.2) is 61.1 Å². The predicted octanol–water partition coefficient (Wildman–Crippen LogP) is 0.0193. The summed E-state index contributed by atoms with van der Waals surface area (Å²) in [6, 6.07) is 0. The van der Waals surface area contributed by atoms with Crippen molar-refractivity contribution in [1.82, 2.24) is 4.90 Å². The van der Waals surface area contributed by atoms with Crippen LogP contribution < -0.4 is 0 Å². The predicted molar refractivity (Wildman–Crippen MR) is 70.6 cm³/mol. The van der Waals surface area contributed by atoms with Crippen LogP contribution in [0.25, 0.3) is 0 Å². The number of carboxylic acid groups (broad SMARTS) is 2. The molecule has 0 saturated heterocycles. The minimum absolute atomic E-state index is 0.0628. The number of carbonyl (C=O) groups is 2. The van der Waals surface area contributed by atoms with Crippen molar-refractivity contribution < 1.29 is 35.1 Å². The Kier molecular flexibility index (Phi) is 12.2. The van der Waals surface area contributed by atoms with E-state index >= 15 is 0 Å². The highest BCUT2D eigenvalue weighted by atomic mass is 16.4. The molecular weight excluding hydrogens is 270 g/mol. The van der Waals surface area contributed by atoms with Crippen LogP contribution in [0, 0.1) is 0 Å². The second kappa shape index (κ2) is 11.6. The first-order valence-corrected chi connectivity index (χ1v) is 6.34. The molecule has 5 N–H and O–H groups in total. The molecule has 8 nitrogen and oxygen atoms in total. The van der Waals surface area contributed by atoms with Gasteiger partial charge >= 0.3 is 11.9 Å². The molecule has 0 aliphatic rings. The Morgan fingerprint density at radius 3 is 1.15 bits per heavy atom. The number of hydrogen-bond acceptors (Lipinski definition) is 6. The fourth-order valence-corrected chi connectivity index (χ4v) is 1.49. The van der Waals surface area contributed by atoms with Crippen LogP contribution in [0.2, 0.25) is 0 Å². The van der Waals surface area contributed by atoms with Gasteiger partial charge in [-0.2, -0.15) is 0 Å². The zero-order valence-corrected chi connectivity index (χ0v) is 12.1. The lowest BCUT2D eigenvalue weighted by Gasteiger charge is -2.30. The Morgan fingerprint density at radius 1 is 0.800 bits per heavy atom. The highest BCUT2D eigenvalue weighted by Crippen LogP contribution is 2.04. The van der Waals surface area contributed by atoms with Crippen molar-refractivity contribution in [1.29, 1.82) is 0 Å². The average Bonchev–Trinajstić information content (AvgIpc) is 2.22. The van der Waals surface area contributed by atoms with Crippen molar-refractivity contribution >= 4 is 11.9 Å². The molecule has 0 bridgehead atoms. The summed E-state index contributed by atoms with van der Waals surface area (Å²) in [6.45, 7) is 4.46. The fourth-order valence-electron chi connectivity index (χ4n) is 1.49. The molecular formula is C12H25NO7. The second-order valence-electron chi connectivity index (χ2n) is 4.34. The first kappa shape index (κ1) is 21.1. The first-order chi connectivity index (χ1) is 9.09. The molecule has 0 fully saturated rings. The maximum absolute atomic E-state index is 9.90. The summed E-state index contributed by atoms with van der Waals surface area (Å²) in [5.74, 6) is -1.74. The van der Waals surface area contributed by atoms with E-state index in [1.54, 1.807) is 0 Å². The van der Waals surface area contributed by atoms with Crippen molar-refractivity contribution in [2.24, 2.45) is 0 Å². The largest absolute Gasteiger partial charge is 0.481 e. The molecule has 0 aromatic rings. The number of rotatable bonds is 8. The number of unbranched alkanes of at least 4 members (excludes halogenated alkanes) is 1. The van der Waals surface area contributed by atoms with E-state index in [0.717, 1.165) is 0 Å². The molecule has 120 valence electrons. The molecule has 3 unspecified atom stereocenters. The maximum atomic E-state index is 9.90. The van der Waals surface area contributed by atoms with Gasteiger partial charge in [0.2, 0.25) is 0 Å². The first-order valence-electron chi connectivity index (χ1n) is 6.34. The summed E-state index contributed by atoms with van der Waals surface area (Å²) in [4.78, 5) is 21.0. The summed E-state index contributed by atoms with van der Waals surface area (Å²) in [5.41, 5.74) is 0. The van der Waals surface area contributed by atoms with Crippen molar-refractivity contribution in [3.05, 3.63) is 0 Å². The number of aliphatic hydroxyl groups excluding tert-OH is 3. The number of aliphatic carboxylic acids is 2. The Hall–Kier alpha value is -1.22. The zero-order chi connectivity index (χ0) is 16.3. The van der Waals surface area contributed by atoms with E-state index in [9.17, 15) is 9.59 Å². The van der Waals surface area contributed by atoms with Gasteiger partial charge in [-0.3, -0.25) is 9.59 Å². The summed E-state index contributed by atoms with van der Waals surface area (Å²) in [5, 5.41) is 43.1. The summed E-state index contributed by atoms with van der Waals surface area (Å²) < 4.78 is 0. The van der Waals surface area contributed by atoms with E-state index in [4.69, 9.17) is 25.5 Å².